The van der Waals surface area contributed by atoms with Crippen molar-refractivity contribution in [3.63, 3.8) is 0 Å². The highest BCUT2D eigenvalue weighted by Crippen LogP contribution is 2.33. The number of hydrogen-bond donors (Lipinski definition) is 0. The minimum absolute atomic E-state index is 0.239. The van der Waals surface area contributed by atoms with Crippen LogP contribution in [0.3, 0.4) is 0 Å². The van der Waals surface area contributed by atoms with Crippen LogP contribution in [0.2, 0.25) is 0 Å². The quantitative estimate of drug-likeness (QED) is 0.844. The van der Waals surface area contributed by atoms with E-state index in [0.29, 0.717) is 5.92 Å². The molecule has 3 aliphatic rings. The summed E-state index contributed by atoms with van der Waals surface area (Å²) in [5, 5.41) is 4.09. The molecule has 0 saturated carbocycles. The molecule has 3 aliphatic heterocycles. The van der Waals surface area contributed by atoms with E-state index in [1.54, 1.807) is 12.1 Å². The van der Waals surface area contributed by atoms with Crippen LogP contribution in [0.25, 0.3) is 17.3 Å². The fraction of sp³-hybridized carbons (Fsp3) is 0.353. The summed E-state index contributed by atoms with van der Waals surface area (Å²) < 4.78 is 18.4. The van der Waals surface area contributed by atoms with Crippen molar-refractivity contribution in [1.29, 1.82) is 0 Å². The van der Waals surface area contributed by atoms with Crippen LogP contribution in [-0.2, 0) is 0 Å². The van der Waals surface area contributed by atoms with Crippen LogP contribution in [0.15, 0.2) is 40.4 Å². The van der Waals surface area contributed by atoms with E-state index >= 15 is 0 Å². The molecule has 0 atom stereocenters. The molecule has 2 bridgehead atoms. The molecule has 3 saturated heterocycles. The summed E-state index contributed by atoms with van der Waals surface area (Å²) in [5.74, 6) is 1.25. The van der Waals surface area contributed by atoms with Gasteiger partial charge in [-0.05, 0) is 67.8 Å². The van der Waals surface area contributed by atoms with Crippen LogP contribution in [0.4, 0.5) is 4.39 Å². The molecule has 0 spiro atoms. The van der Waals surface area contributed by atoms with E-state index < -0.39 is 0 Å². The Labute approximate surface area is 123 Å². The van der Waals surface area contributed by atoms with Gasteiger partial charge in [0, 0.05) is 18.2 Å². The maximum Gasteiger partial charge on any atom is 0.160 e. The molecule has 4 heterocycles. The first-order valence-corrected chi connectivity index (χ1v) is 7.43. The van der Waals surface area contributed by atoms with Gasteiger partial charge in [-0.15, -0.1) is 0 Å². The third-order valence-corrected chi connectivity index (χ3v) is 4.51. The molecule has 108 valence electrons. The molecule has 1 aromatic carbocycles. The lowest BCUT2D eigenvalue weighted by Gasteiger charge is -2.40. The molecule has 0 unspecified atom stereocenters. The van der Waals surface area contributed by atoms with Crippen molar-refractivity contribution >= 4 is 6.08 Å². The van der Waals surface area contributed by atoms with Crippen molar-refractivity contribution in [2.45, 2.75) is 12.8 Å². The van der Waals surface area contributed by atoms with Crippen molar-refractivity contribution in [1.82, 2.24) is 10.1 Å². The molecular formula is C17H17FN2O. The largest absolute Gasteiger partial charge is 0.356 e. The van der Waals surface area contributed by atoms with Crippen molar-refractivity contribution < 1.29 is 8.91 Å². The van der Waals surface area contributed by atoms with Crippen molar-refractivity contribution in [3.05, 3.63) is 47.5 Å². The van der Waals surface area contributed by atoms with Gasteiger partial charge in [-0.25, -0.2) is 4.39 Å². The number of piperidine rings is 3. The zero-order valence-corrected chi connectivity index (χ0v) is 11.8. The van der Waals surface area contributed by atoms with Gasteiger partial charge in [-0.1, -0.05) is 5.16 Å². The predicted molar refractivity (Wildman–Crippen MR) is 79.0 cm³/mol. The number of rotatable bonds is 2. The molecule has 3 fully saturated rings. The lowest BCUT2D eigenvalue weighted by Crippen LogP contribution is -2.42. The minimum Gasteiger partial charge on any atom is -0.356 e. The molecule has 5 rings (SSSR count). The molecule has 1 aromatic heterocycles. The van der Waals surface area contributed by atoms with E-state index in [0.717, 1.165) is 23.6 Å². The van der Waals surface area contributed by atoms with E-state index in [1.807, 2.05) is 6.07 Å². The number of halogens is 1. The van der Waals surface area contributed by atoms with Gasteiger partial charge in [0.1, 0.15) is 11.5 Å². The zero-order chi connectivity index (χ0) is 14.2. The fourth-order valence-electron chi connectivity index (χ4n) is 3.31. The highest BCUT2D eigenvalue weighted by molar-refractivity contribution is 5.62. The van der Waals surface area contributed by atoms with Crippen LogP contribution in [0.1, 0.15) is 18.6 Å². The second-order valence-electron chi connectivity index (χ2n) is 5.89. The molecule has 0 radical (unpaired) electrons. The maximum atomic E-state index is 12.9. The van der Waals surface area contributed by atoms with Crippen molar-refractivity contribution in [2.24, 2.45) is 5.92 Å². The standard InChI is InChI=1S/C17H17FN2O/c18-15-3-1-13(2-4-15)17-10-16(21-19-17)9-14-11-20-7-5-12(14)6-8-20/h1-4,9-10,12H,5-8,11H2/b14-9+. The second-order valence-corrected chi connectivity index (χ2v) is 5.89. The summed E-state index contributed by atoms with van der Waals surface area (Å²) >= 11 is 0. The first-order chi connectivity index (χ1) is 10.3. The van der Waals surface area contributed by atoms with Crippen LogP contribution in [-0.4, -0.2) is 29.7 Å². The number of nitrogens with zero attached hydrogens (tertiary/aromatic N) is 2. The smallest absolute Gasteiger partial charge is 0.160 e. The Bertz CT molecular complexity index is 666. The summed E-state index contributed by atoms with van der Waals surface area (Å²) in [5.41, 5.74) is 3.08. The normalized spacial score (nSPS) is 26.4. The molecule has 21 heavy (non-hydrogen) atoms. The third-order valence-electron chi connectivity index (χ3n) is 4.51. The predicted octanol–water partition coefficient (Wildman–Crippen LogP) is 3.59. The first kappa shape index (κ1) is 12.8. The van der Waals surface area contributed by atoms with Gasteiger partial charge in [-0.3, -0.25) is 4.90 Å². The summed E-state index contributed by atoms with van der Waals surface area (Å²) in [4.78, 5) is 2.49. The van der Waals surface area contributed by atoms with Crippen LogP contribution in [0, 0.1) is 11.7 Å². The lowest BCUT2D eigenvalue weighted by atomic mass is 9.83. The summed E-state index contributed by atoms with van der Waals surface area (Å²) in [6, 6.07) is 8.25. The molecule has 0 N–H and O–H groups in total. The second kappa shape index (κ2) is 5.11. The van der Waals surface area contributed by atoms with Gasteiger partial charge in [0.05, 0.1) is 0 Å². The molecule has 2 aromatic rings. The molecule has 0 amide bonds. The minimum atomic E-state index is -0.239. The average molecular weight is 284 g/mol. The van der Waals surface area contributed by atoms with Crippen LogP contribution >= 0.6 is 0 Å². The van der Waals surface area contributed by atoms with Gasteiger partial charge in [0.25, 0.3) is 0 Å². The molecule has 0 aliphatic carbocycles. The Morgan fingerprint density at radius 1 is 1.19 bits per heavy atom. The maximum absolute atomic E-state index is 12.9. The highest BCUT2D eigenvalue weighted by atomic mass is 19.1. The Morgan fingerprint density at radius 3 is 2.62 bits per heavy atom. The van der Waals surface area contributed by atoms with E-state index in [4.69, 9.17) is 4.52 Å². The summed E-state index contributed by atoms with van der Waals surface area (Å²) in [6.07, 6.45) is 4.64. The molecule has 3 nitrogen and oxygen atoms in total. The van der Waals surface area contributed by atoms with Crippen molar-refractivity contribution in [2.75, 3.05) is 19.6 Å². The van der Waals surface area contributed by atoms with Gasteiger partial charge < -0.3 is 4.52 Å². The number of aromatic nitrogens is 1. The molecular weight excluding hydrogens is 267 g/mol. The summed E-state index contributed by atoms with van der Waals surface area (Å²) in [7, 11) is 0. The SMILES string of the molecule is Fc1ccc(-c2cc(/C=C3\CN4CCC3CC4)on2)cc1. The van der Waals surface area contributed by atoms with E-state index in [2.05, 4.69) is 16.1 Å². The number of hydrogen-bond acceptors (Lipinski definition) is 3. The van der Waals surface area contributed by atoms with Crippen LogP contribution < -0.4 is 0 Å². The van der Waals surface area contributed by atoms with Gasteiger partial charge >= 0.3 is 0 Å². The Hall–Kier alpha value is -1.94. The topological polar surface area (TPSA) is 29.3 Å². The average Bonchev–Trinajstić information content (AvgIpc) is 2.98. The van der Waals surface area contributed by atoms with Gasteiger partial charge in [0.15, 0.2) is 5.76 Å². The lowest BCUT2D eigenvalue weighted by molar-refractivity contribution is 0.163. The van der Waals surface area contributed by atoms with E-state index in [9.17, 15) is 4.39 Å². The fourth-order valence-corrected chi connectivity index (χ4v) is 3.31. The zero-order valence-electron chi connectivity index (χ0n) is 11.8. The Balaban J connectivity index is 1.58. The Kier molecular flexibility index (Phi) is 3.11. The van der Waals surface area contributed by atoms with Gasteiger partial charge in [0.2, 0.25) is 0 Å². The first-order valence-electron chi connectivity index (χ1n) is 7.43. The van der Waals surface area contributed by atoms with Crippen molar-refractivity contribution in [3.8, 4) is 11.3 Å². The van der Waals surface area contributed by atoms with Crippen LogP contribution in [0.5, 0.6) is 0 Å². The number of fused-ring (bicyclic) bond motifs is 3. The van der Waals surface area contributed by atoms with E-state index in [-0.39, 0.29) is 5.82 Å². The third kappa shape index (κ3) is 2.51. The van der Waals surface area contributed by atoms with Gasteiger partial charge in [-0.2, -0.15) is 0 Å². The number of benzene rings is 1. The Morgan fingerprint density at radius 2 is 1.95 bits per heavy atom. The summed E-state index contributed by atoms with van der Waals surface area (Å²) in [6.45, 7) is 3.50. The van der Waals surface area contributed by atoms with E-state index in [1.165, 1.54) is 43.6 Å². The highest BCUT2D eigenvalue weighted by Gasteiger charge is 2.29. The molecule has 4 heteroatoms. The monoisotopic (exact) mass is 284 g/mol.